The Morgan fingerprint density at radius 1 is 1.05 bits per heavy atom. The highest BCUT2D eigenvalue weighted by atomic mass is 16.1. The molecular weight excluding hydrogens is 264 g/mol. The van der Waals surface area contributed by atoms with Crippen LogP contribution in [-0.4, -0.2) is 20.9 Å². The van der Waals surface area contributed by atoms with Crippen LogP contribution >= 0.6 is 0 Å². The highest BCUT2D eigenvalue weighted by molar-refractivity contribution is 6.06. The summed E-state index contributed by atoms with van der Waals surface area (Å²) < 4.78 is 0. The number of pyridine rings is 1. The summed E-state index contributed by atoms with van der Waals surface area (Å²) in [5, 5.41) is 2.93. The van der Waals surface area contributed by atoms with Crippen molar-refractivity contribution in [3.8, 4) is 0 Å². The van der Waals surface area contributed by atoms with E-state index in [4.69, 9.17) is 0 Å². The van der Waals surface area contributed by atoms with Crippen molar-refractivity contribution >= 4 is 22.8 Å². The van der Waals surface area contributed by atoms with Gasteiger partial charge in [-0.2, -0.15) is 0 Å². The van der Waals surface area contributed by atoms with E-state index in [0.29, 0.717) is 16.7 Å². The highest BCUT2D eigenvalue weighted by Crippen LogP contribution is 2.20. The highest BCUT2D eigenvalue weighted by Gasteiger charge is 2.11. The Bertz CT molecular complexity index is 809. The van der Waals surface area contributed by atoms with E-state index < -0.39 is 0 Å². The summed E-state index contributed by atoms with van der Waals surface area (Å²) >= 11 is 0. The number of para-hydroxylation sites is 1. The number of nitrogens with one attached hydrogen (secondary N) is 1. The average Bonchev–Trinajstić information content (AvgIpc) is 2.50. The lowest BCUT2D eigenvalue weighted by Crippen LogP contribution is -2.14. The Labute approximate surface area is 122 Å². The molecule has 21 heavy (non-hydrogen) atoms. The molecule has 3 aromatic rings. The lowest BCUT2D eigenvalue weighted by atomic mass is 10.1. The number of carbonyl (C=O) groups is 1. The number of hydrogen-bond donors (Lipinski definition) is 1. The number of hydrogen-bond acceptors (Lipinski definition) is 4. The molecule has 2 heterocycles. The molecule has 1 aromatic carbocycles. The lowest BCUT2D eigenvalue weighted by molar-refractivity contribution is 0.102. The SMILES string of the molecule is Cc1cccc(C)c1NC(=O)c1cnc2nccnc2c1. The van der Waals surface area contributed by atoms with Crippen molar-refractivity contribution in [3.05, 3.63) is 59.5 Å². The third-order valence-electron chi connectivity index (χ3n) is 3.31. The maximum Gasteiger partial charge on any atom is 0.257 e. The van der Waals surface area contributed by atoms with E-state index in [1.165, 1.54) is 6.20 Å². The molecule has 0 aliphatic heterocycles. The molecule has 0 aliphatic rings. The molecule has 0 fully saturated rings. The van der Waals surface area contributed by atoms with Crippen LogP contribution in [-0.2, 0) is 0 Å². The zero-order valence-electron chi connectivity index (χ0n) is 11.8. The number of nitrogens with zero attached hydrogens (tertiary/aromatic N) is 3. The van der Waals surface area contributed by atoms with Gasteiger partial charge in [-0.25, -0.2) is 9.97 Å². The molecule has 1 amide bonds. The molecule has 5 nitrogen and oxygen atoms in total. The Hall–Kier alpha value is -2.82. The van der Waals surface area contributed by atoms with Gasteiger partial charge in [-0.3, -0.25) is 9.78 Å². The molecule has 1 N–H and O–H groups in total. The number of rotatable bonds is 2. The van der Waals surface area contributed by atoms with Gasteiger partial charge in [0.15, 0.2) is 5.65 Å². The van der Waals surface area contributed by atoms with E-state index in [0.717, 1.165) is 16.8 Å². The zero-order chi connectivity index (χ0) is 14.8. The number of benzene rings is 1. The summed E-state index contributed by atoms with van der Waals surface area (Å²) in [4.78, 5) is 24.8. The van der Waals surface area contributed by atoms with Crippen molar-refractivity contribution < 1.29 is 4.79 Å². The smallest absolute Gasteiger partial charge is 0.257 e. The van der Waals surface area contributed by atoms with E-state index in [2.05, 4.69) is 20.3 Å². The molecule has 104 valence electrons. The quantitative estimate of drug-likeness (QED) is 0.782. The minimum atomic E-state index is -0.201. The first-order valence-electron chi connectivity index (χ1n) is 6.59. The second-order valence-electron chi connectivity index (χ2n) is 4.84. The Morgan fingerprint density at radius 3 is 2.52 bits per heavy atom. The molecule has 0 aliphatic carbocycles. The summed E-state index contributed by atoms with van der Waals surface area (Å²) in [6.45, 7) is 3.93. The van der Waals surface area contributed by atoms with Gasteiger partial charge < -0.3 is 5.32 Å². The predicted octanol–water partition coefficient (Wildman–Crippen LogP) is 2.89. The third kappa shape index (κ3) is 2.58. The Balaban J connectivity index is 1.94. The number of carbonyl (C=O) groups excluding carboxylic acids is 1. The molecular formula is C16H14N4O. The van der Waals surface area contributed by atoms with Crippen LogP contribution < -0.4 is 5.32 Å². The topological polar surface area (TPSA) is 67.8 Å². The lowest BCUT2D eigenvalue weighted by Gasteiger charge is -2.11. The van der Waals surface area contributed by atoms with Gasteiger partial charge in [0, 0.05) is 24.3 Å². The molecule has 5 heteroatoms. The standard InChI is InChI=1S/C16H14N4O/c1-10-4-3-5-11(2)14(10)20-16(21)12-8-13-15(19-9-12)18-7-6-17-13/h3-9H,1-2H3,(H,20,21). The van der Waals surface area contributed by atoms with Gasteiger partial charge >= 0.3 is 0 Å². The van der Waals surface area contributed by atoms with Gasteiger partial charge in [0.2, 0.25) is 0 Å². The van der Waals surface area contributed by atoms with E-state index in [1.54, 1.807) is 18.5 Å². The number of anilines is 1. The van der Waals surface area contributed by atoms with Gasteiger partial charge in [-0.15, -0.1) is 0 Å². The van der Waals surface area contributed by atoms with Gasteiger partial charge in [0.1, 0.15) is 5.52 Å². The van der Waals surface area contributed by atoms with Gasteiger partial charge in [0.25, 0.3) is 5.91 Å². The van der Waals surface area contributed by atoms with Crippen molar-refractivity contribution in [3.63, 3.8) is 0 Å². The molecule has 0 saturated heterocycles. The van der Waals surface area contributed by atoms with Gasteiger partial charge in [0.05, 0.1) is 5.56 Å². The van der Waals surface area contributed by atoms with Crippen LogP contribution in [0.3, 0.4) is 0 Å². The summed E-state index contributed by atoms with van der Waals surface area (Å²) in [7, 11) is 0. The maximum atomic E-state index is 12.4. The van der Waals surface area contributed by atoms with Gasteiger partial charge in [-0.05, 0) is 31.0 Å². The summed E-state index contributed by atoms with van der Waals surface area (Å²) in [5.74, 6) is -0.201. The molecule has 3 rings (SSSR count). The fraction of sp³-hybridized carbons (Fsp3) is 0.125. The summed E-state index contributed by atoms with van der Waals surface area (Å²) in [6, 6.07) is 7.59. The summed E-state index contributed by atoms with van der Waals surface area (Å²) in [6.07, 6.45) is 4.67. The summed E-state index contributed by atoms with van der Waals surface area (Å²) in [5.41, 5.74) is 4.48. The van der Waals surface area contributed by atoms with E-state index in [1.807, 2.05) is 32.0 Å². The normalized spacial score (nSPS) is 10.6. The zero-order valence-corrected chi connectivity index (χ0v) is 11.8. The van der Waals surface area contributed by atoms with Crippen LogP contribution in [0.2, 0.25) is 0 Å². The average molecular weight is 278 g/mol. The number of amides is 1. The van der Waals surface area contributed by atoms with Crippen LogP contribution in [0.1, 0.15) is 21.5 Å². The predicted molar refractivity (Wildman–Crippen MR) is 81.2 cm³/mol. The van der Waals surface area contributed by atoms with Crippen molar-refractivity contribution in [1.82, 2.24) is 15.0 Å². The molecule has 2 aromatic heterocycles. The van der Waals surface area contributed by atoms with Crippen LogP contribution in [0.15, 0.2) is 42.9 Å². The second-order valence-corrected chi connectivity index (χ2v) is 4.84. The number of fused-ring (bicyclic) bond motifs is 1. The molecule has 0 unspecified atom stereocenters. The fourth-order valence-corrected chi connectivity index (χ4v) is 2.18. The molecule has 0 saturated carbocycles. The fourth-order valence-electron chi connectivity index (χ4n) is 2.18. The number of aryl methyl sites for hydroxylation is 2. The molecule has 0 spiro atoms. The monoisotopic (exact) mass is 278 g/mol. The number of aromatic nitrogens is 3. The van der Waals surface area contributed by atoms with Crippen LogP contribution in [0, 0.1) is 13.8 Å². The minimum Gasteiger partial charge on any atom is -0.321 e. The first-order chi connectivity index (χ1) is 10.1. The first-order valence-corrected chi connectivity index (χ1v) is 6.59. The maximum absolute atomic E-state index is 12.4. The van der Waals surface area contributed by atoms with Crippen LogP contribution in [0.25, 0.3) is 11.2 Å². The van der Waals surface area contributed by atoms with Crippen molar-refractivity contribution in [2.24, 2.45) is 0 Å². The Morgan fingerprint density at radius 2 is 1.76 bits per heavy atom. The first kappa shape index (κ1) is 13.2. The van der Waals surface area contributed by atoms with Crippen molar-refractivity contribution in [2.45, 2.75) is 13.8 Å². The van der Waals surface area contributed by atoms with Crippen LogP contribution in [0.5, 0.6) is 0 Å². The molecule has 0 atom stereocenters. The van der Waals surface area contributed by atoms with E-state index in [9.17, 15) is 4.79 Å². The van der Waals surface area contributed by atoms with Crippen LogP contribution in [0.4, 0.5) is 5.69 Å². The second kappa shape index (κ2) is 5.28. The minimum absolute atomic E-state index is 0.201. The van der Waals surface area contributed by atoms with Crippen molar-refractivity contribution in [1.29, 1.82) is 0 Å². The molecule has 0 radical (unpaired) electrons. The van der Waals surface area contributed by atoms with E-state index in [-0.39, 0.29) is 5.91 Å². The third-order valence-corrected chi connectivity index (χ3v) is 3.31. The molecule has 0 bridgehead atoms. The largest absolute Gasteiger partial charge is 0.321 e. The van der Waals surface area contributed by atoms with Crippen molar-refractivity contribution in [2.75, 3.05) is 5.32 Å². The van der Waals surface area contributed by atoms with Gasteiger partial charge in [-0.1, -0.05) is 18.2 Å². The van der Waals surface area contributed by atoms with E-state index >= 15 is 0 Å². The Kier molecular flexibility index (Phi) is 3.31.